The predicted molar refractivity (Wildman–Crippen MR) is 122 cm³/mol. The Kier molecular flexibility index (Phi) is 6.37. The molecular weight excluding hydrogens is 378 g/mol. The van der Waals surface area contributed by atoms with Crippen LogP contribution in [0.15, 0.2) is 66.7 Å². The molecule has 156 valence electrons. The fourth-order valence-corrected chi connectivity index (χ4v) is 3.58. The van der Waals surface area contributed by atoms with Gasteiger partial charge in [0.2, 0.25) is 0 Å². The molecule has 3 aromatic carbocycles. The van der Waals surface area contributed by atoms with Gasteiger partial charge in [-0.2, -0.15) is 0 Å². The van der Waals surface area contributed by atoms with Crippen LogP contribution in [0.3, 0.4) is 0 Å². The molecule has 0 aliphatic carbocycles. The first-order valence-corrected chi connectivity index (χ1v) is 10.1. The van der Waals surface area contributed by atoms with Gasteiger partial charge < -0.3 is 30.2 Å². The zero-order valence-corrected chi connectivity index (χ0v) is 17.0. The Morgan fingerprint density at radius 3 is 2.57 bits per heavy atom. The number of aliphatic hydroxyl groups is 1. The summed E-state index contributed by atoms with van der Waals surface area (Å²) in [6.45, 7) is 2.12. The molecule has 0 spiro atoms. The number of ether oxygens (including phenoxy) is 2. The Hall–Kier alpha value is -3.22. The van der Waals surface area contributed by atoms with Crippen LogP contribution < -0.4 is 20.1 Å². The zero-order chi connectivity index (χ0) is 20.8. The van der Waals surface area contributed by atoms with Crippen molar-refractivity contribution in [1.82, 2.24) is 10.3 Å². The van der Waals surface area contributed by atoms with Gasteiger partial charge >= 0.3 is 0 Å². The number of aromatic nitrogens is 1. The molecule has 1 atom stereocenters. The lowest BCUT2D eigenvalue weighted by Gasteiger charge is -2.15. The third-order valence-corrected chi connectivity index (χ3v) is 5.03. The van der Waals surface area contributed by atoms with Crippen molar-refractivity contribution in [2.75, 3.05) is 38.7 Å². The van der Waals surface area contributed by atoms with Gasteiger partial charge in [0.15, 0.2) is 0 Å². The SMILES string of the molecule is COc1ccccc1NCCNCC(O)COc1cccc2[nH]c3ccccc3c12. The topological polar surface area (TPSA) is 78.5 Å². The van der Waals surface area contributed by atoms with Crippen LogP contribution in [0.1, 0.15) is 0 Å². The molecule has 0 aliphatic heterocycles. The van der Waals surface area contributed by atoms with Crippen LogP contribution >= 0.6 is 0 Å². The summed E-state index contributed by atoms with van der Waals surface area (Å²) in [4.78, 5) is 3.41. The molecule has 0 saturated heterocycles. The van der Waals surface area contributed by atoms with Crippen molar-refractivity contribution in [2.45, 2.75) is 6.10 Å². The molecule has 1 heterocycles. The normalized spacial score (nSPS) is 12.2. The minimum Gasteiger partial charge on any atom is -0.495 e. The van der Waals surface area contributed by atoms with Gasteiger partial charge in [-0.3, -0.25) is 0 Å². The van der Waals surface area contributed by atoms with Crippen LogP contribution in [0.2, 0.25) is 0 Å². The molecule has 6 nitrogen and oxygen atoms in total. The summed E-state index contributed by atoms with van der Waals surface area (Å²) in [6.07, 6.45) is -0.600. The van der Waals surface area contributed by atoms with Crippen molar-refractivity contribution in [3.63, 3.8) is 0 Å². The van der Waals surface area contributed by atoms with Gasteiger partial charge in [-0.1, -0.05) is 36.4 Å². The van der Waals surface area contributed by atoms with E-state index in [4.69, 9.17) is 9.47 Å². The van der Waals surface area contributed by atoms with Crippen molar-refractivity contribution in [3.05, 3.63) is 66.7 Å². The zero-order valence-electron chi connectivity index (χ0n) is 17.0. The van der Waals surface area contributed by atoms with Crippen molar-refractivity contribution < 1.29 is 14.6 Å². The summed E-state index contributed by atoms with van der Waals surface area (Å²) in [6, 6.07) is 21.9. The molecule has 1 unspecified atom stereocenters. The number of hydrogen-bond donors (Lipinski definition) is 4. The number of methoxy groups -OCH3 is 1. The van der Waals surface area contributed by atoms with E-state index in [0.29, 0.717) is 13.1 Å². The standard InChI is InChI=1S/C24H27N3O3/c1-29-22-11-5-4-9-20(22)26-14-13-25-15-17(28)16-30-23-12-6-10-21-24(23)18-7-2-3-8-19(18)27-21/h2-12,17,25-28H,13-16H2,1H3. The lowest BCUT2D eigenvalue weighted by Crippen LogP contribution is -2.34. The summed E-state index contributed by atoms with van der Waals surface area (Å²) in [5.41, 5.74) is 3.06. The molecule has 4 N–H and O–H groups in total. The van der Waals surface area contributed by atoms with E-state index >= 15 is 0 Å². The minimum absolute atomic E-state index is 0.228. The summed E-state index contributed by atoms with van der Waals surface area (Å²) in [5, 5.41) is 19.1. The highest BCUT2D eigenvalue weighted by molar-refractivity contribution is 6.10. The predicted octanol–water partition coefficient (Wildman–Crippen LogP) is 3.77. The van der Waals surface area contributed by atoms with Gasteiger partial charge in [-0.15, -0.1) is 0 Å². The second-order valence-corrected chi connectivity index (χ2v) is 7.15. The van der Waals surface area contributed by atoms with Gasteiger partial charge in [-0.05, 0) is 30.3 Å². The van der Waals surface area contributed by atoms with Gasteiger partial charge in [0.05, 0.1) is 18.3 Å². The van der Waals surface area contributed by atoms with Crippen molar-refractivity contribution in [1.29, 1.82) is 0 Å². The molecule has 6 heteroatoms. The van der Waals surface area contributed by atoms with Crippen LogP contribution in [-0.2, 0) is 0 Å². The highest BCUT2D eigenvalue weighted by Crippen LogP contribution is 2.32. The van der Waals surface area contributed by atoms with E-state index in [0.717, 1.165) is 45.5 Å². The third kappa shape index (κ3) is 4.50. The van der Waals surface area contributed by atoms with E-state index in [1.807, 2.05) is 54.6 Å². The molecule has 4 aromatic rings. The number of H-pyrrole nitrogens is 1. The van der Waals surface area contributed by atoms with Crippen molar-refractivity contribution in [3.8, 4) is 11.5 Å². The maximum absolute atomic E-state index is 10.3. The number of para-hydroxylation sites is 3. The van der Waals surface area contributed by atoms with E-state index in [9.17, 15) is 5.11 Å². The van der Waals surface area contributed by atoms with Crippen molar-refractivity contribution >= 4 is 27.5 Å². The van der Waals surface area contributed by atoms with E-state index in [1.54, 1.807) is 7.11 Å². The first-order valence-electron chi connectivity index (χ1n) is 10.1. The lowest BCUT2D eigenvalue weighted by atomic mass is 10.1. The molecule has 0 aliphatic rings. The Bertz CT molecular complexity index is 1110. The number of aliphatic hydroxyl groups excluding tert-OH is 1. The monoisotopic (exact) mass is 405 g/mol. The van der Waals surface area contributed by atoms with Crippen LogP contribution in [0.4, 0.5) is 5.69 Å². The summed E-state index contributed by atoms with van der Waals surface area (Å²) in [5.74, 6) is 1.60. The average Bonchev–Trinajstić information content (AvgIpc) is 3.17. The number of fused-ring (bicyclic) bond motifs is 3. The molecule has 0 bridgehead atoms. The minimum atomic E-state index is -0.600. The summed E-state index contributed by atoms with van der Waals surface area (Å²) in [7, 11) is 1.66. The summed E-state index contributed by atoms with van der Waals surface area (Å²) < 4.78 is 11.3. The Labute approximate surface area is 175 Å². The van der Waals surface area contributed by atoms with Crippen LogP contribution in [0.5, 0.6) is 11.5 Å². The molecule has 0 fully saturated rings. The number of anilines is 1. The highest BCUT2D eigenvalue weighted by atomic mass is 16.5. The largest absolute Gasteiger partial charge is 0.495 e. The van der Waals surface area contributed by atoms with E-state index in [2.05, 4.69) is 27.8 Å². The molecular formula is C24H27N3O3. The molecule has 0 saturated carbocycles. The van der Waals surface area contributed by atoms with E-state index in [1.165, 1.54) is 0 Å². The molecule has 4 rings (SSSR count). The lowest BCUT2D eigenvalue weighted by molar-refractivity contribution is 0.108. The van der Waals surface area contributed by atoms with Crippen LogP contribution in [0.25, 0.3) is 21.8 Å². The highest BCUT2D eigenvalue weighted by Gasteiger charge is 2.11. The second-order valence-electron chi connectivity index (χ2n) is 7.15. The second kappa shape index (κ2) is 9.52. The van der Waals surface area contributed by atoms with Crippen molar-refractivity contribution in [2.24, 2.45) is 0 Å². The first kappa shape index (κ1) is 20.1. The van der Waals surface area contributed by atoms with Crippen LogP contribution in [-0.4, -0.2) is 49.5 Å². The summed E-state index contributed by atoms with van der Waals surface area (Å²) >= 11 is 0. The maximum Gasteiger partial charge on any atom is 0.141 e. The van der Waals surface area contributed by atoms with E-state index < -0.39 is 6.10 Å². The third-order valence-electron chi connectivity index (χ3n) is 5.03. The Morgan fingerprint density at radius 2 is 1.67 bits per heavy atom. The number of benzene rings is 3. The molecule has 0 amide bonds. The van der Waals surface area contributed by atoms with E-state index in [-0.39, 0.29) is 6.61 Å². The molecule has 1 aromatic heterocycles. The number of nitrogens with one attached hydrogen (secondary N) is 3. The fourth-order valence-electron chi connectivity index (χ4n) is 3.58. The Morgan fingerprint density at radius 1 is 0.900 bits per heavy atom. The maximum atomic E-state index is 10.3. The quantitative estimate of drug-likeness (QED) is 0.302. The van der Waals surface area contributed by atoms with Gasteiger partial charge in [0.25, 0.3) is 0 Å². The van der Waals surface area contributed by atoms with Gasteiger partial charge in [0.1, 0.15) is 24.2 Å². The molecule has 30 heavy (non-hydrogen) atoms. The number of aromatic amines is 1. The number of rotatable bonds is 10. The number of hydrogen-bond acceptors (Lipinski definition) is 5. The first-order chi connectivity index (χ1) is 14.8. The average molecular weight is 405 g/mol. The van der Waals surface area contributed by atoms with Gasteiger partial charge in [-0.25, -0.2) is 0 Å². The van der Waals surface area contributed by atoms with Crippen LogP contribution in [0, 0.1) is 0 Å². The Balaban J connectivity index is 1.26. The molecule has 0 radical (unpaired) electrons. The fraction of sp³-hybridized carbons (Fsp3) is 0.250. The smallest absolute Gasteiger partial charge is 0.141 e. The van der Waals surface area contributed by atoms with Gasteiger partial charge in [0, 0.05) is 35.9 Å².